The minimum Gasteiger partial charge on any atom is -0.340 e. The van der Waals surface area contributed by atoms with Crippen LogP contribution in [0.4, 0.5) is 34.6 Å². The fraction of sp³-hybridized carbons (Fsp3) is 0. The molecule has 1 heterocycles. The molecule has 39 heavy (non-hydrogen) atoms. The fourth-order valence-electron chi connectivity index (χ4n) is 3.23. The third kappa shape index (κ3) is 7.00. The normalized spacial score (nSPS) is 11.0. The van der Waals surface area contributed by atoms with Crippen LogP contribution in [0, 0.1) is 20.2 Å². The lowest BCUT2D eigenvalue weighted by atomic mass is 10.2. The first-order valence-electron chi connectivity index (χ1n) is 11.0. The zero-order valence-corrected chi connectivity index (χ0v) is 21.2. The molecule has 0 radical (unpaired) electrons. The van der Waals surface area contributed by atoms with Gasteiger partial charge in [0, 0.05) is 23.9 Å². The van der Waals surface area contributed by atoms with Crippen LogP contribution in [0.15, 0.2) is 83.0 Å². The zero-order valence-electron chi connectivity index (χ0n) is 19.7. The molecule has 0 saturated heterocycles. The van der Waals surface area contributed by atoms with Crippen LogP contribution in [0.3, 0.4) is 0 Å². The van der Waals surface area contributed by atoms with Crippen LogP contribution in [-0.4, -0.2) is 32.2 Å². The van der Waals surface area contributed by atoms with Gasteiger partial charge in [-0.15, -0.1) is 0 Å². The third-order valence-electron chi connectivity index (χ3n) is 4.96. The molecule has 15 heteroatoms. The predicted molar refractivity (Wildman–Crippen MR) is 150 cm³/mol. The Morgan fingerprint density at radius 3 is 1.82 bits per heavy atom. The Labute approximate surface area is 230 Å². The van der Waals surface area contributed by atoms with Crippen molar-refractivity contribution in [3.8, 4) is 0 Å². The summed E-state index contributed by atoms with van der Waals surface area (Å²) in [6, 6.07) is 19.3. The molecule has 0 aliphatic rings. The Balaban J connectivity index is 1.61. The summed E-state index contributed by atoms with van der Waals surface area (Å²) in [7, 11) is 0. The molecule has 0 amide bonds. The average molecular weight is 566 g/mol. The van der Waals surface area contributed by atoms with Crippen molar-refractivity contribution >= 4 is 70.3 Å². The minimum atomic E-state index is -0.572. The van der Waals surface area contributed by atoms with Crippen molar-refractivity contribution in [2.75, 3.05) is 16.2 Å². The number of para-hydroxylation sites is 1. The van der Waals surface area contributed by atoms with E-state index in [-0.39, 0.29) is 44.3 Å². The maximum absolute atomic E-state index is 11.3. The van der Waals surface area contributed by atoms with Crippen LogP contribution in [0.2, 0.25) is 10.0 Å². The van der Waals surface area contributed by atoms with Crippen molar-refractivity contribution in [1.29, 1.82) is 0 Å². The van der Waals surface area contributed by atoms with Crippen molar-refractivity contribution in [3.63, 3.8) is 0 Å². The van der Waals surface area contributed by atoms with E-state index < -0.39 is 9.85 Å². The van der Waals surface area contributed by atoms with Gasteiger partial charge in [-0.05, 0) is 24.3 Å². The van der Waals surface area contributed by atoms with Gasteiger partial charge in [0.15, 0.2) is 5.82 Å². The molecule has 0 aliphatic heterocycles. The second-order valence-electron chi connectivity index (χ2n) is 7.55. The lowest BCUT2D eigenvalue weighted by Gasteiger charge is -2.09. The predicted octanol–water partition coefficient (Wildman–Crippen LogP) is 6.24. The number of halogens is 2. The summed E-state index contributed by atoms with van der Waals surface area (Å²) in [4.78, 5) is 30.1. The topological polar surface area (TPSA) is 173 Å². The van der Waals surface area contributed by atoms with Crippen LogP contribution in [0.25, 0.3) is 0 Å². The van der Waals surface area contributed by atoms with Gasteiger partial charge in [-0.25, -0.2) is 5.43 Å². The van der Waals surface area contributed by atoms with Gasteiger partial charge in [-0.2, -0.15) is 20.2 Å². The summed E-state index contributed by atoms with van der Waals surface area (Å²) in [5.41, 5.74) is 5.81. The molecule has 3 N–H and O–H groups in total. The van der Waals surface area contributed by atoms with Crippen molar-refractivity contribution < 1.29 is 9.85 Å². The molecule has 0 aliphatic carbocycles. The molecule has 3 aromatic carbocycles. The summed E-state index contributed by atoms with van der Waals surface area (Å²) in [6.45, 7) is 0. The molecule has 196 valence electrons. The Morgan fingerprint density at radius 2 is 1.26 bits per heavy atom. The van der Waals surface area contributed by atoms with E-state index in [1.165, 1.54) is 48.8 Å². The summed E-state index contributed by atoms with van der Waals surface area (Å²) < 4.78 is 0. The first-order valence-corrected chi connectivity index (χ1v) is 11.7. The Hall–Kier alpha value is -5.14. The molecule has 0 unspecified atom stereocenters. The number of aromatic nitrogens is 2. The highest BCUT2D eigenvalue weighted by Gasteiger charge is 2.16. The van der Waals surface area contributed by atoms with Crippen molar-refractivity contribution in [3.05, 3.63) is 114 Å². The SMILES string of the molecule is O=[N+]([O-])c1cccc(Cl)c1C=NNc1cc(Nc2ccccc2)nc(NN=Cc2c(Cl)cccc2[N+](=O)[O-])n1. The van der Waals surface area contributed by atoms with E-state index in [1.807, 2.05) is 30.3 Å². The summed E-state index contributed by atoms with van der Waals surface area (Å²) in [5.74, 6) is 0.540. The summed E-state index contributed by atoms with van der Waals surface area (Å²) in [5, 5.41) is 34.1. The van der Waals surface area contributed by atoms with Gasteiger partial charge in [-0.1, -0.05) is 53.5 Å². The Morgan fingerprint density at radius 1 is 0.718 bits per heavy atom. The molecule has 0 bridgehead atoms. The van der Waals surface area contributed by atoms with Gasteiger partial charge in [0.1, 0.15) is 5.82 Å². The van der Waals surface area contributed by atoms with Crippen LogP contribution in [0.1, 0.15) is 11.1 Å². The number of nitrogens with one attached hydrogen (secondary N) is 3. The number of hydrazone groups is 2. The highest BCUT2D eigenvalue weighted by atomic mass is 35.5. The van der Waals surface area contributed by atoms with Gasteiger partial charge in [0.25, 0.3) is 11.4 Å². The number of benzene rings is 3. The van der Waals surface area contributed by atoms with Gasteiger partial charge >= 0.3 is 0 Å². The zero-order chi connectivity index (χ0) is 27.8. The molecule has 0 atom stereocenters. The molecule has 0 saturated carbocycles. The maximum Gasteiger partial charge on any atom is 0.279 e. The Kier molecular flexibility index (Phi) is 8.56. The lowest BCUT2D eigenvalue weighted by molar-refractivity contribution is -0.385. The van der Waals surface area contributed by atoms with Crippen molar-refractivity contribution in [1.82, 2.24) is 9.97 Å². The minimum absolute atomic E-state index is 0.00307. The summed E-state index contributed by atoms with van der Waals surface area (Å²) >= 11 is 12.2. The molecular weight excluding hydrogens is 549 g/mol. The van der Waals surface area contributed by atoms with Crippen LogP contribution in [-0.2, 0) is 0 Å². The quantitative estimate of drug-likeness (QED) is 0.114. The number of hydrogen-bond acceptors (Lipinski definition) is 11. The first-order chi connectivity index (χ1) is 18.8. The molecule has 0 spiro atoms. The Bertz CT molecular complexity index is 1490. The smallest absolute Gasteiger partial charge is 0.279 e. The molecule has 0 fully saturated rings. The van der Waals surface area contributed by atoms with E-state index in [4.69, 9.17) is 23.2 Å². The van der Waals surface area contributed by atoms with Crippen molar-refractivity contribution in [2.45, 2.75) is 0 Å². The van der Waals surface area contributed by atoms with Gasteiger partial charge in [-0.3, -0.25) is 25.7 Å². The van der Waals surface area contributed by atoms with Gasteiger partial charge < -0.3 is 5.32 Å². The molecule has 4 aromatic rings. The highest BCUT2D eigenvalue weighted by molar-refractivity contribution is 6.34. The van der Waals surface area contributed by atoms with Crippen LogP contribution < -0.4 is 16.2 Å². The molecular formula is C24H17Cl2N9O4. The second kappa shape index (κ2) is 12.4. The highest BCUT2D eigenvalue weighted by Crippen LogP contribution is 2.26. The lowest BCUT2D eigenvalue weighted by Crippen LogP contribution is -2.05. The number of anilines is 4. The van der Waals surface area contributed by atoms with Crippen LogP contribution >= 0.6 is 23.2 Å². The fourth-order valence-corrected chi connectivity index (χ4v) is 3.67. The maximum atomic E-state index is 11.3. The van der Waals surface area contributed by atoms with E-state index in [1.54, 1.807) is 6.07 Å². The largest absolute Gasteiger partial charge is 0.340 e. The van der Waals surface area contributed by atoms with Crippen LogP contribution in [0.5, 0.6) is 0 Å². The van der Waals surface area contributed by atoms with E-state index in [2.05, 4.69) is 36.3 Å². The van der Waals surface area contributed by atoms with E-state index in [0.29, 0.717) is 5.82 Å². The first kappa shape index (κ1) is 26.9. The van der Waals surface area contributed by atoms with Gasteiger partial charge in [0.05, 0.1) is 43.4 Å². The second-order valence-corrected chi connectivity index (χ2v) is 8.37. The molecule has 13 nitrogen and oxygen atoms in total. The number of nitro groups is 2. The number of rotatable bonds is 10. The van der Waals surface area contributed by atoms with Crippen molar-refractivity contribution in [2.24, 2.45) is 10.2 Å². The van der Waals surface area contributed by atoms with Gasteiger partial charge in [0.2, 0.25) is 5.95 Å². The van der Waals surface area contributed by atoms with E-state index in [9.17, 15) is 20.2 Å². The molecule has 4 rings (SSSR count). The number of nitrogens with zero attached hydrogens (tertiary/aromatic N) is 6. The monoisotopic (exact) mass is 565 g/mol. The molecule has 1 aromatic heterocycles. The average Bonchev–Trinajstić information content (AvgIpc) is 2.90. The number of nitro benzene ring substituents is 2. The number of hydrogen-bond donors (Lipinski definition) is 3. The standard InChI is InChI=1S/C24H17Cl2N9O4/c25-18-8-4-10-20(34(36)37)16(18)13-27-32-23-12-22(29-15-6-2-1-3-7-15)30-24(31-23)33-28-14-17-19(26)9-5-11-21(17)35(38)39/h1-14H,(H3,29,30,31,32,33). The van der Waals surface area contributed by atoms with E-state index in [0.717, 1.165) is 5.69 Å². The third-order valence-corrected chi connectivity index (χ3v) is 5.62. The van der Waals surface area contributed by atoms with E-state index >= 15 is 0 Å². The summed E-state index contributed by atoms with van der Waals surface area (Å²) in [6.07, 6.45) is 2.39.